The van der Waals surface area contributed by atoms with Crippen LogP contribution in [0.25, 0.3) is 0 Å². The fourth-order valence-electron chi connectivity index (χ4n) is 0.832. The molecular formula is C8H10N2O3. The highest BCUT2D eigenvalue weighted by Crippen LogP contribution is 1.96. The fourth-order valence-corrected chi connectivity index (χ4v) is 0.832. The van der Waals surface area contributed by atoms with Crippen molar-refractivity contribution in [1.82, 2.24) is 9.97 Å². The van der Waals surface area contributed by atoms with Crippen molar-refractivity contribution in [2.75, 3.05) is 13.7 Å². The third-order valence-corrected chi connectivity index (χ3v) is 1.45. The maximum Gasteiger partial charge on any atom is 0.354 e. The van der Waals surface area contributed by atoms with Gasteiger partial charge in [0.05, 0.1) is 6.61 Å². The van der Waals surface area contributed by atoms with Crippen molar-refractivity contribution in [1.29, 1.82) is 0 Å². The number of hydrogen-bond donors (Lipinski definition) is 1. The molecule has 1 heterocycles. The van der Waals surface area contributed by atoms with Crippen LogP contribution in [0.15, 0.2) is 12.3 Å². The van der Waals surface area contributed by atoms with E-state index >= 15 is 0 Å². The molecule has 13 heavy (non-hydrogen) atoms. The molecular weight excluding hydrogens is 172 g/mol. The van der Waals surface area contributed by atoms with Gasteiger partial charge in [0.25, 0.3) is 0 Å². The van der Waals surface area contributed by atoms with E-state index in [0.29, 0.717) is 18.9 Å². The minimum atomic E-state index is -1.04. The minimum absolute atomic E-state index is 0.0149. The summed E-state index contributed by atoms with van der Waals surface area (Å²) in [7, 11) is 1.57. The molecule has 0 atom stereocenters. The predicted octanol–water partition coefficient (Wildman–Crippen LogP) is 0.364. The van der Waals surface area contributed by atoms with Crippen molar-refractivity contribution in [2.45, 2.75) is 6.42 Å². The molecule has 0 aliphatic rings. The van der Waals surface area contributed by atoms with Crippen LogP contribution in [0.5, 0.6) is 0 Å². The number of carbonyl (C=O) groups is 1. The Morgan fingerprint density at radius 2 is 2.46 bits per heavy atom. The number of aromatic carboxylic acids is 1. The minimum Gasteiger partial charge on any atom is -0.477 e. The van der Waals surface area contributed by atoms with E-state index in [1.807, 2.05) is 0 Å². The molecule has 0 amide bonds. The largest absolute Gasteiger partial charge is 0.477 e. The molecule has 0 aliphatic heterocycles. The molecule has 0 spiro atoms. The molecule has 0 saturated carbocycles. The summed E-state index contributed by atoms with van der Waals surface area (Å²) in [5.41, 5.74) is 0.0149. The van der Waals surface area contributed by atoms with Gasteiger partial charge < -0.3 is 9.84 Å². The maximum atomic E-state index is 10.5. The number of carboxylic acids is 1. The first-order valence-electron chi connectivity index (χ1n) is 3.78. The highest BCUT2D eigenvalue weighted by Gasteiger charge is 2.05. The van der Waals surface area contributed by atoms with E-state index in [2.05, 4.69) is 9.97 Å². The van der Waals surface area contributed by atoms with Crippen LogP contribution in [0.1, 0.15) is 16.3 Å². The average molecular weight is 182 g/mol. The Balaban J connectivity index is 2.73. The number of aromatic nitrogens is 2. The molecule has 5 nitrogen and oxygen atoms in total. The van der Waals surface area contributed by atoms with Gasteiger partial charge in [-0.15, -0.1) is 0 Å². The molecule has 0 radical (unpaired) electrons. The number of methoxy groups -OCH3 is 1. The molecule has 0 unspecified atom stereocenters. The van der Waals surface area contributed by atoms with Crippen molar-refractivity contribution >= 4 is 5.97 Å². The lowest BCUT2D eigenvalue weighted by Gasteiger charge is -1.99. The Labute approximate surface area is 75.4 Å². The van der Waals surface area contributed by atoms with Crippen LogP contribution in [-0.4, -0.2) is 34.8 Å². The lowest BCUT2D eigenvalue weighted by molar-refractivity contribution is 0.0689. The molecule has 0 aliphatic carbocycles. The zero-order chi connectivity index (χ0) is 9.68. The molecule has 1 rings (SSSR count). The van der Waals surface area contributed by atoms with Gasteiger partial charge in [0.1, 0.15) is 5.82 Å². The smallest absolute Gasteiger partial charge is 0.354 e. The molecule has 5 heteroatoms. The Morgan fingerprint density at radius 1 is 1.69 bits per heavy atom. The van der Waals surface area contributed by atoms with Crippen LogP contribution in [0.4, 0.5) is 0 Å². The van der Waals surface area contributed by atoms with Gasteiger partial charge in [-0.2, -0.15) is 0 Å². The van der Waals surface area contributed by atoms with Gasteiger partial charge in [-0.1, -0.05) is 0 Å². The van der Waals surface area contributed by atoms with Gasteiger partial charge in [0.2, 0.25) is 0 Å². The zero-order valence-corrected chi connectivity index (χ0v) is 7.23. The molecule has 70 valence electrons. The number of rotatable bonds is 4. The van der Waals surface area contributed by atoms with Gasteiger partial charge in [0, 0.05) is 19.7 Å². The monoisotopic (exact) mass is 182 g/mol. The summed E-state index contributed by atoms with van der Waals surface area (Å²) in [5, 5.41) is 8.61. The van der Waals surface area contributed by atoms with E-state index in [0.717, 1.165) is 0 Å². The molecule has 1 aromatic rings. The topological polar surface area (TPSA) is 72.3 Å². The van der Waals surface area contributed by atoms with Crippen molar-refractivity contribution in [3.63, 3.8) is 0 Å². The van der Waals surface area contributed by atoms with Crippen LogP contribution in [0, 0.1) is 0 Å². The molecule has 1 N–H and O–H groups in total. The van der Waals surface area contributed by atoms with Crippen LogP contribution in [0.2, 0.25) is 0 Å². The van der Waals surface area contributed by atoms with Crippen molar-refractivity contribution < 1.29 is 14.6 Å². The Bertz CT molecular complexity index is 301. The third-order valence-electron chi connectivity index (χ3n) is 1.45. The van der Waals surface area contributed by atoms with Gasteiger partial charge >= 0.3 is 5.97 Å². The SMILES string of the molecule is COCCc1nccc(C(=O)O)n1. The van der Waals surface area contributed by atoms with Crippen molar-refractivity contribution in [3.8, 4) is 0 Å². The highest BCUT2D eigenvalue weighted by atomic mass is 16.5. The van der Waals surface area contributed by atoms with E-state index < -0.39 is 5.97 Å². The van der Waals surface area contributed by atoms with Gasteiger partial charge in [-0.25, -0.2) is 14.8 Å². The van der Waals surface area contributed by atoms with E-state index in [9.17, 15) is 4.79 Å². The Hall–Kier alpha value is -1.49. The molecule has 1 aromatic heterocycles. The van der Waals surface area contributed by atoms with Crippen LogP contribution < -0.4 is 0 Å². The van der Waals surface area contributed by atoms with Gasteiger partial charge in [-0.3, -0.25) is 0 Å². The van der Waals surface area contributed by atoms with E-state index in [-0.39, 0.29) is 5.69 Å². The first-order chi connectivity index (χ1) is 6.24. The average Bonchev–Trinajstić information content (AvgIpc) is 2.15. The van der Waals surface area contributed by atoms with E-state index in [4.69, 9.17) is 9.84 Å². The second-order valence-corrected chi connectivity index (χ2v) is 2.41. The summed E-state index contributed by atoms with van der Waals surface area (Å²) in [6.45, 7) is 0.489. The summed E-state index contributed by atoms with van der Waals surface area (Å²) in [5.74, 6) is -0.553. The maximum absolute atomic E-state index is 10.5. The molecule has 0 aromatic carbocycles. The standard InChI is InChI=1S/C8H10N2O3/c1-13-5-3-7-9-4-2-6(10-7)8(11)12/h2,4H,3,5H2,1H3,(H,11,12). The van der Waals surface area contributed by atoms with Gasteiger partial charge in [-0.05, 0) is 6.07 Å². The lowest BCUT2D eigenvalue weighted by atomic mass is 10.3. The highest BCUT2D eigenvalue weighted by molar-refractivity contribution is 5.85. The lowest BCUT2D eigenvalue weighted by Crippen LogP contribution is -2.06. The summed E-state index contributed by atoms with van der Waals surface area (Å²) in [4.78, 5) is 18.2. The van der Waals surface area contributed by atoms with Crippen LogP contribution in [-0.2, 0) is 11.2 Å². The van der Waals surface area contributed by atoms with E-state index in [1.165, 1.54) is 12.3 Å². The number of nitrogens with zero attached hydrogens (tertiary/aromatic N) is 2. The second-order valence-electron chi connectivity index (χ2n) is 2.41. The number of carboxylic acid groups (broad SMARTS) is 1. The number of ether oxygens (including phenoxy) is 1. The number of hydrogen-bond acceptors (Lipinski definition) is 4. The van der Waals surface area contributed by atoms with E-state index in [1.54, 1.807) is 7.11 Å². The van der Waals surface area contributed by atoms with Crippen molar-refractivity contribution in [3.05, 3.63) is 23.8 Å². The fraction of sp³-hybridized carbons (Fsp3) is 0.375. The second kappa shape index (κ2) is 4.51. The normalized spacial score (nSPS) is 9.92. The first-order valence-corrected chi connectivity index (χ1v) is 3.78. The molecule has 0 saturated heterocycles. The third kappa shape index (κ3) is 2.79. The Kier molecular flexibility index (Phi) is 3.33. The van der Waals surface area contributed by atoms with Crippen LogP contribution >= 0.6 is 0 Å². The Morgan fingerprint density at radius 3 is 3.08 bits per heavy atom. The zero-order valence-electron chi connectivity index (χ0n) is 7.23. The van der Waals surface area contributed by atoms with Crippen LogP contribution in [0.3, 0.4) is 0 Å². The molecule has 0 bridgehead atoms. The summed E-state index contributed by atoms with van der Waals surface area (Å²) >= 11 is 0. The van der Waals surface area contributed by atoms with Gasteiger partial charge in [0.15, 0.2) is 5.69 Å². The first kappa shape index (κ1) is 9.60. The summed E-state index contributed by atoms with van der Waals surface area (Å²) < 4.78 is 4.82. The quantitative estimate of drug-likeness (QED) is 0.728. The predicted molar refractivity (Wildman–Crippen MR) is 44.6 cm³/mol. The molecule has 0 fully saturated rings. The van der Waals surface area contributed by atoms with Crippen molar-refractivity contribution in [2.24, 2.45) is 0 Å². The summed E-state index contributed by atoms with van der Waals surface area (Å²) in [6, 6.07) is 1.36. The summed E-state index contributed by atoms with van der Waals surface area (Å²) in [6.07, 6.45) is 1.96.